The summed E-state index contributed by atoms with van der Waals surface area (Å²) in [5, 5.41) is 4.01. The Morgan fingerprint density at radius 2 is 2.10 bits per heavy atom. The van der Waals surface area contributed by atoms with Crippen LogP contribution in [0.3, 0.4) is 0 Å². The molecule has 0 aliphatic carbocycles. The van der Waals surface area contributed by atoms with Crippen LogP contribution in [0.25, 0.3) is 6.08 Å². The molecule has 1 aromatic carbocycles. The van der Waals surface area contributed by atoms with Crippen molar-refractivity contribution in [3.05, 3.63) is 34.4 Å². The Morgan fingerprint density at radius 3 is 2.65 bits per heavy atom. The molecule has 1 aromatic rings. The lowest BCUT2D eigenvalue weighted by Crippen LogP contribution is -2.23. The number of methoxy groups -OCH3 is 2. The fourth-order valence-electron chi connectivity index (χ4n) is 1.82. The van der Waals surface area contributed by atoms with Crippen molar-refractivity contribution in [3.63, 3.8) is 0 Å². The Balaban J connectivity index is 2.77. The van der Waals surface area contributed by atoms with Crippen LogP contribution in [0.1, 0.15) is 19.4 Å². The van der Waals surface area contributed by atoms with Crippen LogP contribution < -0.4 is 10.1 Å². The van der Waals surface area contributed by atoms with Gasteiger partial charge in [-0.1, -0.05) is 43.2 Å². The molecule has 0 radical (unpaired) electrons. The van der Waals surface area contributed by atoms with Crippen molar-refractivity contribution in [2.75, 3.05) is 33.9 Å². The third kappa shape index (κ3) is 5.53. The number of ether oxygens (including phenoxy) is 2. The van der Waals surface area contributed by atoms with Crippen LogP contribution >= 0.6 is 11.6 Å². The number of hydrogen-bond donors (Lipinski definition) is 1. The molecule has 0 unspecified atom stereocenters. The van der Waals surface area contributed by atoms with E-state index >= 15 is 0 Å². The van der Waals surface area contributed by atoms with E-state index in [2.05, 4.69) is 25.2 Å². The lowest BCUT2D eigenvalue weighted by atomic mass is 10.00. The first-order chi connectivity index (χ1) is 9.58. The molecule has 0 atom stereocenters. The summed E-state index contributed by atoms with van der Waals surface area (Å²) < 4.78 is 10.2. The quantitative estimate of drug-likeness (QED) is 0.743. The predicted molar refractivity (Wildman–Crippen MR) is 85.6 cm³/mol. The summed E-state index contributed by atoms with van der Waals surface area (Å²) in [5.41, 5.74) is 2.43. The first-order valence-electron chi connectivity index (χ1n) is 6.82. The summed E-state index contributed by atoms with van der Waals surface area (Å²) in [6, 6.07) is 5.84. The maximum atomic E-state index is 6.15. The zero-order valence-electron chi connectivity index (χ0n) is 12.7. The van der Waals surface area contributed by atoms with Gasteiger partial charge in [0.15, 0.2) is 0 Å². The summed E-state index contributed by atoms with van der Waals surface area (Å²) in [6.45, 7) is 6.80. The van der Waals surface area contributed by atoms with Gasteiger partial charge in [-0.25, -0.2) is 0 Å². The van der Waals surface area contributed by atoms with Crippen LogP contribution in [0.4, 0.5) is 0 Å². The van der Waals surface area contributed by atoms with E-state index in [-0.39, 0.29) is 0 Å². The van der Waals surface area contributed by atoms with E-state index in [0.717, 1.165) is 25.3 Å². The van der Waals surface area contributed by atoms with Crippen molar-refractivity contribution < 1.29 is 9.47 Å². The normalized spacial score (nSPS) is 12.0. The van der Waals surface area contributed by atoms with Gasteiger partial charge in [0.25, 0.3) is 0 Å². The molecule has 0 aromatic heterocycles. The van der Waals surface area contributed by atoms with E-state index in [1.165, 1.54) is 5.57 Å². The number of hydrogen-bond acceptors (Lipinski definition) is 3. The van der Waals surface area contributed by atoms with Crippen molar-refractivity contribution in [3.8, 4) is 5.75 Å². The molecule has 112 valence electrons. The van der Waals surface area contributed by atoms with E-state index in [1.807, 2.05) is 18.2 Å². The van der Waals surface area contributed by atoms with Crippen LogP contribution in [0.5, 0.6) is 5.75 Å². The Kier molecular flexibility index (Phi) is 7.67. The molecule has 3 nitrogen and oxygen atoms in total. The summed E-state index contributed by atoms with van der Waals surface area (Å²) in [6.07, 6.45) is 2.18. The van der Waals surface area contributed by atoms with Gasteiger partial charge in [-0.05, 0) is 23.6 Å². The van der Waals surface area contributed by atoms with E-state index in [9.17, 15) is 0 Å². The van der Waals surface area contributed by atoms with Gasteiger partial charge in [0.05, 0.1) is 18.7 Å². The Bertz CT molecular complexity index is 444. The molecule has 0 aliphatic heterocycles. The third-order valence-electron chi connectivity index (χ3n) is 3.08. The number of benzene rings is 1. The fourth-order valence-corrected chi connectivity index (χ4v) is 2.08. The van der Waals surface area contributed by atoms with Crippen LogP contribution in [-0.2, 0) is 4.74 Å². The Hall–Kier alpha value is -1.03. The monoisotopic (exact) mass is 297 g/mol. The van der Waals surface area contributed by atoms with Gasteiger partial charge in [-0.2, -0.15) is 0 Å². The number of rotatable bonds is 8. The molecule has 0 aliphatic rings. The average molecular weight is 298 g/mol. The molecule has 0 heterocycles. The molecule has 1 N–H and O–H groups in total. The topological polar surface area (TPSA) is 30.5 Å². The van der Waals surface area contributed by atoms with Crippen LogP contribution in [0.15, 0.2) is 23.8 Å². The van der Waals surface area contributed by atoms with Crippen molar-refractivity contribution >= 4 is 17.7 Å². The highest BCUT2D eigenvalue weighted by Crippen LogP contribution is 2.26. The second-order valence-corrected chi connectivity index (χ2v) is 5.34. The highest BCUT2D eigenvalue weighted by Gasteiger charge is 2.05. The molecular formula is C16H24ClNO2. The van der Waals surface area contributed by atoms with Crippen LogP contribution in [0.2, 0.25) is 5.02 Å². The maximum absolute atomic E-state index is 6.15. The van der Waals surface area contributed by atoms with Gasteiger partial charge in [0.1, 0.15) is 5.75 Å². The van der Waals surface area contributed by atoms with Gasteiger partial charge in [0.2, 0.25) is 0 Å². The molecule has 4 heteroatoms. The van der Waals surface area contributed by atoms with Gasteiger partial charge in [-0.15, -0.1) is 0 Å². The van der Waals surface area contributed by atoms with Crippen molar-refractivity contribution in [1.82, 2.24) is 5.32 Å². The largest absolute Gasteiger partial charge is 0.495 e. The Labute approximate surface area is 126 Å². The van der Waals surface area contributed by atoms with E-state index in [0.29, 0.717) is 16.7 Å². The SMILES string of the molecule is COCCNCC(=Cc1ccc(OC)c(Cl)c1)C(C)C. The summed E-state index contributed by atoms with van der Waals surface area (Å²) in [5.74, 6) is 1.18. The minimum absolute atomic E-state index is 0.478. The zero-order valence-corrected chi connectivity index (χ0v) is 13.5. The predicted octanol–water partition coefficient (Wildman–Crippen LogP) is 3.62. The maximum Gasteiger partial charge on any atom is 0.137 e. The van der Waals surface area contributed by atoms with Crippen molar-refractivity contribution in [2.24, 2.45) is 5.92 Å². The van der Waals surface area contributed by atoms with E-state index < -0.39 is 0 Å². The molecule has 0 saturated carbocycles. The lowest BCUT2D eigenvalue weighted by molar-refractivity contribution is 0.200. The number of nitrogens with one attached hydrogen (secondary N) is 1. The van der Waals surface area contributed by atoms with E-state index in [4.69, 9.17) is 21.1 Å². The summed E-state index contributed by atoms with van der Waals surface area (Å²) in [7, 11) is 3.33. The molecule has 0 saturated heterocycles. The zero-order chi connectivity index (χ0) is 15.0. The molecule has 0 fully saturated rings. The first kappa shape index (κ1) is 17.0. The fraction of sp³-hybridized carbons (Fsp3) is 0.500. The van der Waals surface area contributed by atoms with Gasteiger partial charge in [0, 0.05) is 20.2 Å². The Morgan fingerprint density at radius 1 is 1.35 bits per heavy atom. The molecule has 1 rings (SSSR count). The second-order valence-electron chi connectivity index (χ2n) is 4.94. The minimum atomic E-state index is 0.478. The van der Waals surface area contributed by atoms with E-state index in [1.54, 1.807) is 14.2 Å². The minimum Gasteiger partial charge on any atom is -0.495 e. The molecule has 0 spiro atoms. The molecule has 0 amide bonds. The van der Waals surface area contributed by atoms with Crippen molar-refractivity contribution in [1.29, 1.82) is 0 Å². The molecule has 0 bridgehead atoms. The molecular weight excluding hydrogens is 274 g/mol. The smallest absolute Gasteiger partial charge is 0.137 e. The van der Waals surface area contributed by atoms with Gasteiger partial charge >= 0.3 is 0 Å². The standard InChI is InChI=1S/C16H24ClNO2/c1-12(2)14(11-18-7-8-19-3)9-13-5-6-16(20-4)15(17)10-13/h5-6,9-10,12,18H,7-8,11H2,1-4H3. The third-order valence-corrected chi connectivity index (χ3v) is 3.38. The van der Waals surface area contributed by atoms with Gasteiger partial charge < -0.3 is 14.8 Å². The van der Waals surface area contributed by atoms with Crippen LogP contribution in [-0.4, -0.2) is 33.9 Å². The lowest BCUT2D eigenvalue weighted by Gasteiger charge is -2.13. The van der Waals surface area contributed by atoms with Gasteiger partial charge in [-0.3, -0.25) is 0 Å². The second kappa shape index (κ2) is 9.01. The average Bonchev–Trinajstić information content (AvgIpc) is 2.42. The van der Waals surface area contributed by atoms with Crippen LogP contribution in [0, 0.1) is 5.92 Å². The molecule has 20 heavy (non-hydrogen) atoms. The van der Waals surface area contributed by atoms with Crippen molar-refractivity contribution in [2.45, 2.75) is 13.8 Å². The first-order valence-corrected chi connectivity index (χ1v) is 7.20. The number of halogens is 1. The summed E-state index contributed by atoms with van der Waals surface area (Å²) >= 11 is 6.15. The summed E-state index contributed by atoms with van der Waals surface area (Å²) in [4.78, 5) is 0. The highest BCUT2D eigenvalue weighted by molar-refractivity contribution is 6.32. The highest BCUT2D eigenvalue weighted by atomic mass is 35.5.